The van der Waals surface area contributed by atoms with Gasteiger partial charge in [0.15, 0.2) is 0 Å². The van der Waals surface area contributed by atoms with Gasteiger partial charge in [-0.15, -0.1) is 0 Å². The molecule has 4 heteroatoms. The van der Waals surface area contributed by atoms with Crippen LogP contribution in [0.4, 0.5) is 5.69 Å². The molecule has 1 aromatic rings. The summed E-state index contributed by atoms with van der Waals surface area (Å²) in [4.78, 5) is 13.7. The minimum absolute atomic E-state index is 0.0172. The second-order valence-electron chi connectivity index (χ2n) is 4.69. The van der Waals surface area contributed by atoms with E-state index < -0.39 is 0 Å². The van der Waals surface area contributed by atoms with Crippen molar-refractivity contribution in [1.29, 1.82) is 0 Å². The predicted octanol–water partition coefficient (Wildman–Crippen LogP) is 2.14. The maximum atomic E-state index is 11.5. The average molecular weight is 240 g/mol. The molecule has 1 aromatic carbocycles. The first kappa shape index (κ1) is 13.3. The first-order chi connectivity index (χ1) is 7.45. The standard InChI is InChI=1S/C12H20N2OS/c1-8(2)9-10(11(15)12(9)16)13-6-5-7-14(3)4/h8,13H,5-7H2,1-4H3. The van der Waals surface area contributed by atoms with Crippen LogP contribution in [0.1, 0.15) is 31.7 Å². The molecule has 0 aliphatic heterocycles. The minimum atomic E-state index is 0.0172. The minimum Gasteiger partial charge on any atom is -0.382 e. The van der Waals surface area contributed by atoms with Crippen molar-refractivity contribution in [3.63, 3.8) is 0 Å². The van der Waals surface area contributed by atoms with E-state index in [0.717, 1.165) is 30.8 Å². The Morgan fingerprint density at radius 1 is 1.38 bits per heavy atom. The third-order valence-electron chi connectivity index (χ3n) is 2.61. The molecule has 0 unspecified atom stereocenters. The molecule has 0 atom stereocenters. The van der Waals surface area contributed by atoms with Gasteiger partial charge in [-0.05, 0) is 33.0 Å². The fourth-order valence-corrected chi connectivity index (χ4v) is 2.18. The smallest absolute Gasteiger partial charge is 0.220 e. The number of hydrogen-bond acceptors (Lipinski definition) is 4. The van der Waals surface area contributed by atoms with Crippen molar-refractivity contribution in [1.82, 2.24) is 4.90 Å². The molecule has 0 bridgehead atoms. The Balaban J connectivity index is 2.52. The van der Waals surface area contributed by atoms with Gasteiger partial charge in [-0.1, -0.05) is 26.1 Å². The summed E-state index contributed by atoms with van der Waals surface area (Å²) < 4.78 is 0.519. The van der Waals surface area contributed by atoms with E-state index in [2.05, 4.69) is 24.1 Å². The fourth-order valence-electron chi connectivity index (χ4n) is 1.74. The maximum Gasteiger partial charge on any atom is 0.220 e. The average Bonchev–Trinajstić information content (AvgIpc) is 2.20. The molecule has 0 aromatic heterocycles. The highest BCUT2D eigenvalue weighted by molar-refractivity contribution is 7.71. The van der Waals surface area contributed by atoms with Gasteiger partial charge in [0, 0.05) is 12.1 Å². The quantitative estimate of drug-likeness (QED) is 0.610. The Hall–Kier alpha value is -0.740. The van der Waals surface area contributed by atoms with Crippen LogP contribution >= 0.6 is 12.2 Å². The maximum absolute atomic E-state index is 11.5. The van der Waals surface area contributed by atoms with Crippen molar-refractivity contribution in [2.24, 2.45) is 0 Å². The highest BCUT2D eigenvalue weighted by Gasteiger charge is 2.19. The Labute approximate surface area is 102 Å². The van der Waals surface area contributed by atoms with E-state index in [1.54, 1.807) is 0 Å². The molecule has 16 heavy (non-hydrogen) atoms. The van der Waals surface area contributed by atoms with E-state index >= 15 is 0 Å². The number of nitrogens with zero attached hydrogens (tertiary/aromatic N) is 1. The summed E-state index contributed by atoms with van der Waals surface area (Å²) in [7, 11) is 4.09. The Bertz CT molecular complexity index is 417. The summed E-state index contributed by atoms with van der Waals surface area (Å²) in [5, 5.41) is 3.20. The third-order valence-corrected chi connectivity index (χ3v) is 3.01. The molecule has 3 nitrogen and oxygen atoms in total. The van der Waals surface area contributed by atoms with Gasteiger partial charge in [0.2, 0.25) is 5.43 Å². The second kappa shape index (κ2) is 5.55. The van der Waals surface area contributed by atoms with E-state index in [9.17, 15) is 4.79 Å². The van der Waals surface area contributed by atoms with Gasteiger partial charge in [-0.2, -0.15) is 0 Å². The molecular weight excluding hydrogens is 220 g/mol. The normalized spacial score (nSPS) is 11.6. The van der Waals surface area contributed by atoms with Crippen molar-refractivity contribution in [2.45, 2.75) is 26.2 Å². The van der Waals surface area contributed by atoms with E-state index in [0.29, 0.717) is 10.4 Å². The summed E-state index contributed by atoms with van der Waals surface area (Å²) >= 11 is 5.05. The zero-order chi connectivity index (χ0) is 12.3. The van der Waals surface area contributed by atoms with Gasteiger partial charge in [0.1, 0.15) is 0 Å². The number of anilines is 1. The largest absolute Gasteiger partial charge is 0.382 e. The topological polar surface area (TPSA) is 32.3 Å². The van der Waals surface area contributed by atoms with Gasteiger partial charge in [-0.25, -0.2) is 0 Å². The number of rotatable bonds is 6. The van der Waals surface area contributed by atoms with Gasteiger partial charge in [0.25, 0.3) is 0 Å². The van der Waals surface area contributed by atoms with E-state index in [-0.39, 0.29) is 5.43 Å². The summed E-state index contributed by atoms with van der Waals surface area (Å²) in [5.41, 5.74) is 1.80. The van der Waals surface area contributed by atoms with Gasteiger partial charge in [-0.3, -0.25) is 4.79 Å². The third kappa shape index (κ3) is 2.89. The molecule has 0 aliphatic carbocycles. The molecule has 0 heterocycles. The molecule has 0 radical (unpaired) electrons. The molecule has 90 valence electrons. The lowest BCUT2D eigenvalue weighted by molar-refractivity contribution is 0.405. The molecule has 0 amide bonds. The second-order valence-corrected chi connectivity index (χ2v) is 5.09. The summed E-state index contributed by atoms with van der Waals surface area (Å²) in [6.45, 7) is 5.99. The van der Waals surface area contributed by atoms with Crippen LogP contribution in [0.2, 0.25) is 0 Å². The number of hydrogen-bond donors (Lipinski definition) is 1. The van der Waals surface area contributed by atoms with E-state index in [1.165, 1.54) is 0 Å². The molecule has 0 aliphatic rings. The monoisotopic (exact) mass is 240 g/mol. The van der Waals surface area contributed by atoms with Crippen LogP contribution < -0.4 is 10.7 Å². The zero-order valence-corrected chi connectivity index (χ0v) is 11.3. The van der Waals surface area contributed by atoms with Crippen LogP contribution in [0, 0.1) is 4.51 Å². The Morgan fingerprint density at radius 3 is 2.50 bits per heavy atom. The molecule has 1 rings (SSSR count). The van der Waals surface area contributed by atoms with Gasteiger partial charge < -0.3 is 10.2 Å². The molecule has 0 saturated heterocycles. The Morgan fingerprint density at radius 2 is 2.00 bits per heavy atom. The SMILES string of the molecule is CC(C)c1c(NCCCN(C)C)c(=O)c1=S. The molecule has 1 N–H and O–H groups in total. The van der Waals surface area contributed by atoms with Crippen molar-refractivity contribution < 1.29 is 0 Å². The van der Waals surface area contributed by atoms with Crippen LogP contribution in [-0.4, -0.2) is 32.1 Å². The first-order valence-corrected chi connectivity index (χ1v) is 6.07. The molecule has 0 saturated carbocycles. The molecule has 0 fully saturated rings. The van der Waals surface area contributed by atoms with Crippen LogP contribution in [0.15, 0.2) is 4.79 Å². The lowest BCUT2D eigenvalue weighted by Gasteiger charge is -2.17. The lowest BCUT2D eigenvalue weighted by atomic mass is 9.96. The van der Waals surface area contributed by atoms with E-state index in [1.807, 2.05) is 14.1 Å². The highest BCUT2D eigenvalue weighted by atomic mass is 32.1. The first-order valence-electron chi connectivity index (χ1n) is 5.67. The van der Waals surface area contributed by atoms with Crippen LogP contribution in [-0.2, 0) is 0 Å². The lowest BCUT2D eigenvalue weighted by Crippen LogP contribution is -2.24. The van der Waals surface area contributed by atoms with Crippen LogP contribution in [0.3, 0.4) is 0 Å². The summed E-state index contributed by atoms with van der Waals surface area (Å²) in [5.74, 6) is 0.335. The summed E-state index contributed by atoms with van der Waals surface area (Å²) in [6.07, 6.45) is 1.03. The van der Waals surface area contributed by atoms with Crippen molar-refractivity contribution in [3.05, 3.63) is 20.3 Å². The highest BCUT2D eigenvalue weighted by Crippen LogP contribution is 2.25. The Kier molecular flexibility index (Phi) is 4.62. The predicted molar refractivity (Wildman–Crippen MR) is 71.7 cm³/mol. The summed E-state index contributed by atoms with van der Waals surface area (Å²) in [6, 6.07) is 0. The van der Waals surface area contributed by atoms with Crippen LogP contribution in [0.25, 0.3) is 0 Å². The van der Waals surface area contributed by atoms with Crippen molar-refractivity contribution in [2.75, 3.05) is 32.5 Å². The van der Waals surface area contributed by atoms with Gasteiger partial charge in [0.05, 0.1) is 10.2 Å². The van der Waals surface area contributed by atoms with Crippen molar-refractivity contribution >= 4 is 17.9 Å². The number of nitrogens with one attached hydrogen (secondary N) is 1. The molecular formula is C12H20N2OS. The fraction of sp³-hybridized carbons (Fsp3) is 0.667. The van der Waals surface area contributed by atoms with Crippen LogP contribution in [0.5, 0.6) is 0 Å². The van der Waals surface area contributed by atoms with Gasteiger partial charge >= 0.3 is 0 Å². The molecule has 0 spiro atoms. The van der Waals surface area contributed by atoms with Crippen molar-refractivity contribution in [3.8, 4) is 0 Å². The van der Waals surface area contributed by atoms with E-state index in [4.69, 9.17) is 12.2 Å². The zero-order valence-electron chi connectivity index (χ0n) is 10.5.